The number of ether oxygens (including phenoxy) is 3. The molecule has 0 aromatic heterocycles. The number of carbonyl (C=O) groups is 2. The van der Waals surface area contributed by atoms with Crippen LogP contribution >= 0.6 is 0 Å². The molecule has 0 aliphatic carbocycles. The van der Waals surface area contributed by atoms with Gasteiger partial charge in [0.15, 0.2) is 0 Å². The van der Waals surface area contributed by atoms with Crippen molar-refractivity contribution in [2.45, 2.75) is 57.7 Å². The van der Waals surface area contributed by atoms with Crippen molar-refractivity contribution in [3.8, 4) is 0 Å². The van der Waals surface area contributed by atoms with Crippen LogP contribution in [0.1, 0.15) is 39.5 Å². The molecule has 0 saturated carbocycles. The quantitative estimate of drug-likeness (QED) is 0.715. The summed E-state index contributed by atoms with van der Waals surface area (Å²) in [7, 11) is 0. The Bertz CT molecular complexity index is 464. The van der Waals surface area contributed by atoms with E-state index in [2.05, 4.69) is 4.90 Å². The number of morpholine rings is 1. The molecule has 0 aromatic carbocycles. The SMILES string of the molecule is CCOC(=O)C1CCN(C2CC3COCC(C2)N3C(=O)OCC)CC1. The molecule has 2 bridgehead atoms. The van der Waals surface area contributed by atoms with Crippen molar-refractivity contribution in [1.29, 1.82) is 0 Å². The van der Waals surface area contributed by atoms with Crippen LogP contribution in [-0.4, -0.2) is 79.5 Å². The summed E-state index contributed by atoms with van der Waals surface area (Å²) in [6.07, 6.45) is 3.35. The lowest BCUT2D eigenvalue weighted by Gasteiger charge is -2.50. The van der Waals surface area contributed by atoms with Crippen LogP contribution in [-0.2, 0) is 19.0 Å². The Morgan fingerprint density at radius 1 is 0.960 bits per heavy atom. The van der Waals surface area contributed by atoms with Crippen LogP contribution in [0.25, 0.3) is 0 Å². The second-order valence-electron chi connectivity index (χ2n) is 7.14. The largest absolute Gasteiger partial charge is 0.466 e. The highest BCUT2D eigenvalue weighted by atomic mass is 16.6. The average Bonchev–Trinajstić information content (AvgIpc) is 2.61. The normalized spacial score (nSPS) is 30.8. The number of amides is 1. The second-order valence-corrected chi connectivity index (χ2v) is 7.14. The molecule has 3 rings (SSSR count). The van der Waals surface area contributed by atoms with Gasteiger partial charge in [-0.25, -0.2) is 4.79 Å². The maximum absolute atomic E-state index is 12.3. The Balaban J connectivity index is 1.56. The summed E-state index contributed by atoms with van der Waals surface area (Å²) in [5.74, 6) is -0.0109. The predicted molar refractivity (Wildman–Crippen MR) is 91.2 cm³/mol. The molecular weight excluding hydrogens is 324 g/mol. The molecule has 25 heavy (non-hydrogen) atoms. The zero-order valence-corrected chi connectivity index (χ0v) is 15.3. The molecule has 2 atom stereocenters. The minimum absolute atomic E-state index is 0.0404. The third-order valence-corrected chi connectivity index (χ3v) is 5.64. The maximum Gasteiger partial charge on any atom is 0.410 e. The average molecular weight is 354 g/mol. The van der Waals surface area contributed by atoms with E-state index in [0.29, 0.717) is 32.5 Å². The Hall–Kier alpha value is -1.34. The highest BCUT2D eigenvalue weighted by Gasteiger charge is 2.44. The lowest BCUT2D eigenvalue weighted by atomic mass is 9.87. The van der Waals surface area contributed by atoms with Crippen molar-refractivity contribution in [2.75, 3.05) is 39.5 Å². The van der Waals surface area contributed by atoms with Gasteiger partial charge in [-0.1, -0.05) is 0 Å². The molecule has 3 heterocycles. The number of fused-ring (bicyclic) bond motifs is 2. The zero-order valence-electron chi connectivity index (χ0n) is 15.3. The van der Waals surface area contributed by atoms with Crippen LogP contribution in [0.3, 0.4) is 0 Å². The van der Waals surface area contributed by atoms with Crippen LogP contribution in [0.5, 0.6) is 0 Å². The van der Waals surface area contributed by atoms with Crippen LogP contribution in [0.15, 0.2) is 0 Å². The standard InChI is InChI=1S/C18H30N2O5/c1-3-24-17(21)13-5-7-19(8-6-13)14-9-15-11-23-12-16(10-14)20(15)18(22)25-4-2/h13-16H,3-12H2,1-2H3. The van der Waals surface area contributed by atoms with Crippen molar-refractivity contribution in [1.82, 2.24) is 9.80 Å². The number of hydrogen-bond donors (Lipinski definition) is 0. The number of likely N-dealkylation sites (tertiary alicyclic amines) is 1. The third-order valence-electron chi connectivity index (χ3n) is 5.64. The number of carbonyl (C=O) groups excluding carboxylic acids is 2. The van der Waals surface area contributed by atoms with Gasteiger partial charge in [-0.05, 0) is 52.6 Å². The number of rotatable bonds is 4. The molecule has 0 radical (unpaired) electrons. The highest BCUT2D eigenvalue weighted by Crippen LogP contribution is 2.33. The molecule has 1 amide bonds. The number of hydrogen-bond acceptors (Lipinski definition) is 6. The van der Waals surface area contributed by atoms with E-state index >= 15 is 0 Å². The molecule has 7 nitrogen and oxygen atoms in total. The summed E-state index contributed by atoms with van der Waals surface area (Å²) in [6, 6.07) is 0.645. The van der Waals surface area contributed by atoms with Gasteiger partial charge in [0.2, 0.25) is 0 Å². The summed E-state index contributed by atoms with van der Waals surface area (Å²) in [5.41, 5.74) is 0. The van der Waals surface area contributed by atoms with Gasteiger partial charge in [-0.15, -0.1) is 0 Å². The lowest BCUT2D eigenvalue weighted by molar-refractivity contribution is -0.150. The predicted octanol–water partition coefficient (Wildman–Crippen LogP) is 1.65. The number of esters is 1. The molecule has 0 spiro atoms. The smallest absolute Gasteiger partial charge is 0.410 e. The fourth-order valence-corrected chi connectivity index (χ4v) is 4.44. The van der Waals surface area contributed by atoms with Crippen LogP contribution in [0.2, 0.25) is 0 Å². The van der Waals surface area contributed by atoms with Crippen LogP contribution < -0.4 is 0 Å². The van der Waals surface area contributed by atoms with Crippen LogP contribution in [0, 0.1) is 5.92 Å². The van der Waals surface area contributed by atoms with Crippen molar-refractivity contribution in [3.05, 3.63) is 0 Å². The molecular formula is C18H30N2O5. The zero-order chi connectivity index (χ0) is 17.8. The van der Waals surface area contributed by atoms with E-state index in [1.165, 1.54) is 0 Å². The molecule has 2 unspecified atom stereocenters. The summed E-state index contributed by atoms with van der Waals surface area (Å²) >= 11 is 0. The van der Waals surface area contributed by atoms with E-state index in [1.54, 1.807) is 0 Å². The van der Waals surface area contributed by atoms with Gasteiger partial charge in [0.05, 0.1) is 44.4 Å². The molecule has 3 fully saturated rings. The van der Waals surface area contributed by atoms with Gasteiger partial charge >= 0.3 is 12.1 Å². The van der Waals surface area contributed by atoms with Crippen molar-refractivity contribution in [2.24, 2.45) is 5.92 Å². The van der Waals surface area contributed by atoms with Gasteiger partial charge in [-0.3, -0.25) is 9.69 Å². The van der Waals surface area contributed by atoms with E-state index in [4.69, 9.17) is 14.2 Å². The van der Waals surface area contributed by atoms with E-state index in [-0.39, 0.29) is 30.1 Å². The Labute approximate surface area is 149 Å². The molecule has 142 valence electrons. The Morgan fingerprint density at radius 3 is 2.12 bits per heavy atom. The summed E-state index contributed by atoms with van der Waals surface area (Å²) in [6.45, 7) is 7.57. The van der Waals surface area contributed by atoms with E-state index in [9.17, 15) is 9.59 Å². The van der Waals surface area contributed by atoms with Gasteiger partial charge in [0, 0.05) is 6.04 Å². The first-order chi connectivity index (χ1) is 12.1. The topological polar surface area (TPSA) is 68.3 Å². The fraction of sp³-hybridized carbons (Fsp3) is 0.889. The second kappa shape index (κ2) is 8.36. The fourth-order valence-electron chi connectivity index (χ4n) is 4.44. The van der Waals surface area contributed by atoms with Crippen LogP contribution in [0.4, 0.5) is 4.79 Å². The lowest BCUT2D eigenvalue weighted by Crippen LogP contribution is -2.63. The van der Waals surface area contributed by atoms with Gasteiger partial charge in [0.1, 0.15) is 0 Å². The van der Waals surface area contributed by atoms with Crippen molar-refractivity contribution < 1.29 is 23.8 Å². The van der Waals surface area contributed by atoms with E-state index in [1.807, 2.05) is 18.7 Å². The molecule has 3 saturated heterocycles. The van der Waals surface area contributed by atoms with E-state index < -0.39 is 0 Å². The van der Waals surface area contributed by atoms with Gasteiger partial charge in [-0.2, -0.15) is 0 Å². The maximum atomic E-state index is 12.3. The van der Waals surface area contributed by atoms with Gasteiger partial charge < -0.3 is 19.1 Å². The van der Waals surface area contributed by atoms with E-state index in [0.717, 1.165) is 38.8 Å². The summed E-state index contributed by atoms with van der Waals surface area (Å²) in [5, 5.41) is 0. The highest BCUT2D eigenvalue weighted by molar-refractivity contribution is 5.72. The van der Waals surface area contributed by atoms with Crippen molar-refractivity contribution >= 4 is 12.1 Å². The number of piperidine rings is 2. The molecule has 3 aliphatic rings. The first-order valence-electron chi connectivity index (χ1n) is 9.57. The Kier molecular flexibility index (Phi) is 6.17. The summed E-state index contributed by atoms with van der Waals surface area (Å²) < 4.78 is 16.1. The van der Waals surface area contributed by atoms with Gasteiger partial charge in [0.25, 0.3) is 0 Å². The minimum atomic E-state index is -0.208. The number of nitrogens with zero attached hydrogens (tertiary/aromatic N) is 2. The summed E-state index contributed by atoms with van der Waals surface area (Å²) in [4.78, 5) is 28.5. The molecule has 0 N–H and O–H groups in total. The minimum Gasteiger partial charge on any atom is -0.466 e. The Morgan fingerprint density at radius 2 is 1.56 bits per heavy atom. The van der Waals surface area contributed by atoms with Crippen molar-refractivity contribution in [3.63, 3.8) is 0 Å². The molecule has 7 heteroatoms. The molecule has 0 aromatic rings. The monoisotopic (exact) mass is 354 g/mol. The first kappa shape index (κ1) is 18.5. The third kappa shape index (κ3) is 4.08. The molecule has 3 aliphatic heterocycles. The first-order valence-corrected chi connectivity index (χ1v) is 9.57.